The molecule has 1 atom stereocenters. The molecule has 0 fully saturated rings. The van der Waals surface area contributed by atoms with E-state index in [0.717, 1.165) is 23.5 Å². The minimum absolute atomic E-state index is 0.322. The van der Waals surface area contributed by atoms with Crippen molar-refractivity contribution in [3.63, 3.8) is 0 Å². The van der Waals surface area contributed by atoms with Gasteiger partial charge in [0.1, 0.15) is 5.82 Å². The molecule has 2 aromatic rings. The van der Waals surface area contributed by atoms with Crippen molar-refractivity contribution in [2.24, 2.45) is 0 Å². The molecule has 0 aliphatic carbocycles. The molecule has 0 saturated carbocycles. The lowest BCUT2D eigenvalue weighted by molar-refractivity contribution is 0.738. The first-order valence-electron chi connectivity index (χ1n) is 6.47. The maximum absolute atomic E-state index is 5.97. The Morgan fingerprint density at radius 1 is 1.42 bits per heavy atom. The Labute approximate surface area is 124 Å². The minimum Gasteiger partial charge on any atom is -0.352 e. The molecule has 2 rings (SSSR count). The van der Waals surface area contributed by atoms with Gasteiger partial charge in [-0.2, -0.15) is 0 Å². The van der Waals surface area contributed by atoms with E-state index in [-0.39, 0.29) is 0 Å². The van der Waals surface area contributed by atoms with Crippen LogP contribution in [-0.4, -0.2) is 12.0 Å². The van der Waals surface area contributed by atoms with Crippen molar-refractivity contribution < 1.29 is 0 Å². The van der Waals surface area contributed by atoms with Crippen LogP contribution in [0.4, 0.5) is 5.82 Å². The Bertz CT molecular complexity index is 503. The van der Waals surface area contributed by atoms with Crippen LogP contribution in [0.2, 0.25) is 0 Å². The number of aryl methyl sites for hydroxylation is 1. The highest BCUT2D eigenvalue weighted by Crippen LogP contribution is 2.28. The maximum Gasteiger partial charge on any atom is 0.129 e. The minimum atomic E-state index is 0.322. The van der Waals surface area contributed by atoms with E-state index < -0.39 is 0 Å². The lowest BCUT2D eigenvalue weighted by atomic mass is 10.2. The normalized spacial score (nSPS) is 12.4. The lowest BCUT2D eigenvalue weighted by Crippen LogP contribution is -2.22. The second-order valence-corrected chi connectivity index (χ2v) is 5.86. The molecule has 19 heavy (non-hydrogen) atoms. The molecule has 102 valence electrons. The molecule has 0 spiro atoms. The first-order chi connectivity index (χ1) is 9.15. The summed E-state index contributed by atoms with van der Waals surface area (Å²) in [6.07, 6.45) is 0.930. The van der Waals surface area contributed by atoms with Crippen LogP contribution in [0.5, 0.6) is 0 Å². The largest absolute Gasteiger partial charge is 0.352 e. The molecule has 2 aromatic heterocycles. The van der Waals surface area contributed by atoms with Crippen LogP contribution in [0, 0.1) is 0 Å². The first kappa shape index (κ1) is 14.4. The van der Waals surface area contributed by atoms with E-state index in [2.05, 4.69) is 55.4 Å². The van der Waals surface area contributed by atoms with Crippen LogP contribution in [0.15, 0.2) is 29.6 Å². The SMILES string of the molecule is CCc1cc(CCl)cc(N(C)C(C)c2cccs2)n1. The first-order valence-corrected chi connectivity index (χ1v) is 7.89. The van der Waals surface area contributed by atoms with Crippen molar-refractivity contribution in [2.45, 2.75) is 32.2 Å². The van der Waals surface area contributed by atoms with E-state index >= 15 is 0 Å². The van der Waals surface area contributed by atoms with E-state index in [0.29, 0.717) is 11.9 Å². The smallest absolute Gasteiger partial charge is 0.129 e. The Balaban J connectivity index is 2.29. The number of halogens is 1. The molecule has 0 N–H and O–H groups in total. The van der Waals surface area contributed by atoms with Gasteiger partial charge in [0.15, 0.2) is 0 Å². The monoisotopic (exact) mass is 294 g/mol. The van der Waals surface area contributed by atoms with Gasteiger partial charge in [-0.15, -0.1) is 22.9 Å². The molecule has 0 aliphatic rings. The number of rotatable bonds is 5. The van der Waals surface area contributed by atoms with E-state index in [4.69, 9.17) is 16.6 Å². The summed E-state index contributed by atoms with van der Waals surface area (Å²) >= 11 is 7.75. The van der Waals surface area contributed by atoms with Gasteiger partial charge in [-0.25, -0.2) is 4.98 Å². The Kier molecular flexibility index (Phi) is 4.83. The molecule has 2 heterocycles. The number of alkyl halides is 1. The summed E-state index contributed by atoms with van der Waals surface area (Å²) in [5, 5.41) is 2.11. The molecule has 0 radical (unpaired) electrons. The molecule has 4 heteroatoms. The van der Waals surface area contributed by atoms with Crippen molar-refractivity contribution in [3.05, 3.63) is 45.8 Å². The van der Waals surface area contributed by atoms with Crippen molar-refractivity contribution in [1.29, 1.82) is 0 Å². The highest BCUT2D eigenvalue weighted by molar-refractivity contribution is 7.10. The zero-order chi connectivity index (χ0) is 13.8. The summed E-state index contributed by atoms with van der Waals surface area (Å²) in [5.74, 6) is 1.53. The van der Waals surface area contributed by atoms with E-state index in [1.165, 1.54) is 4.88 Å². The van der Waals surface area contributed by atoms with E-state index in [1.807, 2.05) is 0 Å². The number of nitrogens with zero attached hydrogens (tertiary/aromatic N) is 2. The summed E-state index contributed by atoms with van der Waals surface area (Å²) < 4.78 is 0. The Morgan fingerprint density at radius 2 is 2.21 bits per heavy atom. The number of aromatic nitrogens is 1. The van der Waals surface area contributed by atoms with Gasteiger partial charge < -0.3 is 4.90 Å². The average Bonchev–Trinajstić information content (AvgIpc) is 2.99. The Morgan fingerprint density at radius 3 is 2.79 bits per heavy atom. The van der Waals surface area contributed by atoms with Crippen molar-refractivity contribution in [3.8, 4) is 0 Å². The van der Waals surface area contributed by atoms with Crippen molar-refractivity contribution >= 4 is 28.8 Å². The van der Waals surface area contributed by atoms with Gasteiger partial charge in [0.2, 0.25) is 0 Å². The van der Waals surface area contributed by atoms with E-state index in [9.17, 15) is 0 Å². The zero-order valence-electron chi connectivity index (χ0n) is 11.6. The summed E-state index contributed by atoms with van der Waals surface area (Å²) in [7, 11) is 2.09. The topological polar surface area (TPSA) is 16.1 Å². The van der Waals surface area contributed by atoms with Gasteiger partial charge in [-0.3, -0.25) is 0 Å². The predicted octanol–water partition coefficient (Wildman–Crippen LogP) is 4.64. The summed E-state index contributed by atoms with van der Waals surface area (Å²) in [4.78, 5) is 8.26. The van der Waals surface area contributed by atoms with Crippen LogP contribution >= 0.6 is 22.9 Å². The molecule has 0 bridgehead atoms. The molecule has 1 unspecified atom stereocenters. The highest BCUT2D eigenvalue weighted by Gasteiger charge is 2.15. The molecule has 0 amide bonds. The van der Waals surface area contributed by atoms with Crippen molar-refractivity contribution in [1.82, 2.24) is 4.98 Å². The van der Waals surface area contributed by atoms with Crippen LogP contribution in [0.25, 0.3) is 0 Å². The fourth-order valence-corrected chi connectivity index (χ4v) is 2.97. The van der Waals surface area contributed by atoms with Gasteiger partial charge in [-0.1, -0.05) is 13.0 Å². The van der Waals surface area contributed by atoms with Gasteiger partial charge in [-0.05, 0) is 42.5 Å². The standard InChI is InChI=1S/C15H19ClN2S/c1-4-13-8-12(10-16)9-15(17-13)18(3)11(2)14-6-5-7-19-14/h5-9,11H,4,10H2,1-3H3. The number of hydrogen-bond donors (Lipinski definition) is 0. The Hall–Kier alpha value is -1.06. The predicted molar refractivity (Wildman–Crippen MR) is 84.3 cm³/mol. The maximum atomic E-state index is 5.97. The van der Waals surface area contributed by atoms with Gasteiger partial charge in [0.25, 0.3) is 0 Å². The summed E-state index contributed by atoms with van der Waals surface area (Å²) in [5.41, 5.74) is 2.23. The number of pyridine rings is 1. The van der Waals surface area contributed by atoms with Crippen LogP contribution in [0.3, 0.4) is 0 Å². The van der Waals surface area contributed by atoms with E-state index in [1.54, 1.807) is 11.3 Å². The number of anilines is 1. The molecular formula is C15H19ClN2S. The van der Waals surface area contributed by atoms with Gasteiger partial charge in [0.05, 0.1) is 6.04 Å². The molecule has 0 aromatic carbocycles. The third kappa shape index (κ3) is 3.28. The van der Waals surface area contributed by atoms with Crippen LogP contribution < -0.4 is 4.90 Å². The third-order valence-corrected chi connectivity index (χ3v) is 4.69. The third-order valence-electron chi connectivity index (χ3n) is 3.34. The molecule has 0 aliphatic heterocycles. The fraction of sp³-hybridized carbons (Fsp3) is 0.400. The number of hydrogen-bond acceptors (Lipinski definition) is 3. The number of thiophene rings is 1. The summed E-state index contributed by atoms with van der Waals surface area (Å²) in [6, 6.07) is 8.74. The zero-order valence-corrected chi connectivity index (χ0v) is 13.1. The fourth-order valence-electron chi connectivity index (χ4n) is 1.99. The summed E-state index contributed by atoms with van der Waals surface area (Å²) in [6.45, 7) is 4.32. The van der Waals surface area contributed by atoms with Gasteiger partial charge >= 0.3 is 0 Å². The highest BCUT2D eigenvalue weighted by atomic mass is 35.5. The van der Waals surface area contributed by atoms with Crippen molar-refractivity contribution in [2.75, 3.05) is 11.9 Å². The second-order valence-electron chi connectivity index (χ2n) is 4.61. The van der Waals surface area contributed by atoms with Crippen LogP contribution in [0.1, 0.15) is 36.0 Å². The lowest BCUT2D eigenvalue weighted by Gasteiger charge is -2.26. The quantitative estimate of drug-likeness (QED) is 0.747. The molecule has 0 saturated heterocycles. The van der Waals surface area contributed by atoms with Crippen LogP contribution in [-0.2, 0) is 12.3 Å². The molecule has 2 nitrogen and oxygen atoms in total. The molecular weight excluding hydrogens is 276 g/mol. The average molecular weight is 295 g/mol. The van der Waals surface area contributed by atoms with Gasteiger partial charge in [0, 0.05) is 23.5 Å². The second kappa shape index (κ2) is 6.40.